The van der Waals surface area contributed by atoms with Crippen molar-refractivity contribution in [1.82, 2.24) is 0 Å². The van der Waals surface area contributed by atoms with E-state index in [4.69, 9.17) is 4.74 Å². The van der Waals surface area contributed by atoms with Crippen LogP contribution in [0.25, 0.3) is 0 Å². The van der Waals surface area contributed by atoms with Gasteiger partial charge in [-0.05, 0) is 37.0 Å². The Morgan fingerprint density at radius 3 is 2.44 bits per heavy atom. The van der Waals surface area contributed by atoms with Crippen LogP contribution in [0.5, 0.6) is 0 Å². The van der Waals surface area contributed by atoms with E-state index in [1.807, 2.05) is 20.8 Å². The molecule has 4 fully saturated rings. The van der Waals surface area contributed by atoms with Crippen molar-refractivity contribution in [3.05, 3.63) is 0 Å². The minimum atomic E-state index is -1.42. The molecule has 4 aliphatic carbocycles. The SMILES string of the molecule is COCC1C(=O)C23CC1CC(O)C2C1(C)CCC(O)C(C)(C)C1C(=O)C3O. The average Bonchev–Trinajstić information content (AvgIpc) is 2.79. The fourth-order valence-corrected chi connectivity index (χ4v) is 7.83. The Bertz CT molecular complexity index is 674. The topological polar surface area (TPSA) is 104 Å². The van der Waals surface area contributed by atoms with E-state index in [2.05, 4.69) is 0 Å². The molecule has 0 aromatic heterocycles. The van der Waals surface area contributed by atoms with Gasteiger partial charge in [-0.3, -0.25) is 9.59 Å². The largest absolute Gasteiger partial charge is 0.393 e. The maximum atomic E-state index is 13.5. The van der Waals surface area contributed by atoms with Gasteiger partial charge >= 0.3 is 0 Å². The summed E-state index contributed by atoms with van der Waals surface area (Å²) in [5.74, 6) is -1.94. The van der Waals surface area contributed by atoms with Gasteiger partial charge in [-0.25, -0.2) is 0 Å². The lowest BCUT2D eigenvalue weighted by molar-refractivity contribution is -0.227. The molecule has 4 saturated carbocycles. The van der Waals surface area contributed by atoms with Gasteiger partial charge in [-0.2, -0.15) is 0 Å². The fraction of sp³-hybridized carbons (Fsp3) is 0.905. The normalized spacial score (nSPS) is 53.8. The number of methoxy groups -OCH3 is 1. The molecule has 4 aliphatic rings. The molecule has 0 amide bonds. The first-order chi connectivity index (χ1) is 12.5. The lowest BCUT2D eigenvalue weighted by atomic mass is 9.39. The number of carbonyl (C=O) groups is 2. The van der Waals surface area contributed by atoms with Gasteiger partial charge in [-0.1, -0.05) is 20.8 Å². The van der Waals surface area contributed by atoms with Crippen LogP contribution >= 0.6 is 0 Å². The van der Waals surface area contributed by atoms with Crippen molar-refractivity contribution in [3.63, 3.8) is 0 Å². The average molecular weight is 380 g/mol. The number of carbonyl (C=O) groups excluding carboxylic acids is 2. The first-order valence-corrected chi connectivity index (χ1v) is 10.1. The van der Waals surface area contributed by atoms with E-state index >= 15 is 0 Å². The summed E-state index contributed by atoms with van der Waals surface area (Å²) in [6.07, 6.45) is -0.764. The third-order valence-corrected chi connectivity index (χ3v) is 8.77. The number of ether oxygens (including phenoxy) is 1. The Morgan fingerprint density at radius 1 is 1.15 bits per heavy atom. The molecule has 0 aliphatic heterocycles. The molecule has 0 heterocycles. The summed E-state index contributed by atoms with van der Waals surface area (Å²) in [5.41, 5.74) is -2.55. The first kappa shape index (κ1) is 19.5. The molecular formula is C21H32O6. The monoisotopic (exact) mass is 380 g/mol. The van der Waals surface area contributed by atoms with Gasteiger partial charge in [0.25, 0.3) is 0 Å². The summed E-state index contributed by atoms with van der Waals surface area (Å²) in [6.45, 7) is 5.98. The molecule has 27 heavy (non-hydrogen) atoms. The summed E-state index contributed by atoms with van der Waals surface area (Å²) in [7, 11) is 1.55. The van der Waals surface area contributed by atoms with E-state index in [-0.39, 0.29) is 30.0 Å². The molecule has 152 valence electrons. The molecule has 3 N–H and O–H groups in total. The zero-order valence-electron chi connectivity index (χ0n) is 16.6. The number of Topliss-reactive ketones (excluding diaryl/α,β-unsaturated/α-hetero) is 2. The van der Waals surface area contributed by atoms with Crippen molar-refractivity contribution < 1.29 is 29.6 Å². The second-order valence-electron chi connectivity index (χ2n) is 10.3. The molecule has 0 aromatic carbocycles. The van der Waals surface area contributed by atoms with Crippen LogP contribution in [-0.4, -0.2) is 58.9 Å². The van der Waals surface area contributed by atoms with Crippen molar-refractivity contribution in [3.8, 4) is 0 Å². The molecule has 9 atom stereocenters. The van der Waals surface area contributed by atoms with Crippen molar-refractivity contribution in [2.45, 2.75) is 64.8 Å². The Balaban J connectivity index is 1.88. The Morgan fingerprint density at radius 2 is 1.81 bits per heavy atom. The highest BCUT2D eigenvalue weighted by Gasteiger charge is 2.76. The van der Waals surface area contributed by atoms with Crippen LogP contribution in [0.2, 0.25) is 0 Å². The minimum absolute atomic E-state index is 0.0616. The summed E-state index contributed by atoms with van der Waals surface area (Å²) in [6, 6.07) is 0. The molecule has 0 radical (unpaired) electrons. The summed E-state index contributed by atoms with van der Waals surface area (Å²) in [5, 5.41) is 32.9. The van der Waals surface area contributed by atoms with Gasteiger partial charge in [0.05, 0.1) is 24.2 Å². The molecular weight excluding hydrogens is 348 g/mol. The van der Waals surface area contributed by atoms with Crippen LogP contribution in [0.15, 0.2) is 0 Å². The number of hydrogen-bond donors (Lipinski definition) is 3. The van der Waals surface area contributed by atoms with E-state index in [9.17, 15) is 24.9 Å². The second kappa shape index (κ2) is 5.85. The number of ketones is 2. The zero-order chi connectivity index (χ0) is 19.9. The van der Waals surface area contributed by atoms with Crippen molar-refractivity contribution in [2.24, 2.45) is 39.9 Å². The molecule has 0 aromatic rings. The molecule has 6 nitrogen and oxygen atoms in total. The van der Waals surface area contributed by atoms with Gasteiger partial charge in [0.1, 0.15) is 11.9 Å². The third-order valence-electron chi connectivity index (χ3n) is 8.77. The van der Waals surface area contributed by atoms with Crippen molar-refractivity contribution >= 4 is 11.6 Å². The van der Waals surface area contributed by atoms with Crippen molar-refractivity contribution in [1.29, 1.82) is 0 Å². The minimum Gasteiger partial charge on any atom is -0.393 e. The van der Waals surface area contributed by atoms with Crippen molar-refractivity contribution in [2.75, 3.05) is 13.7 Å². The third kappa shape index (κ3) is 2.16. The predicted molar refractivity (Wildman–Crippen MR) is 96.7 cm³/mol. The number of hydrogen-bond acceptors (Lipinski definition) is 6. The smallest absolute Gasteiger partial charge is 0.166 e. The van der Waals surface area contributed by atoms with Gasteiger partial charge < -0.3 is 20.1 Å². The fourth-order valence-electron chi connectivity index (χ4n) is 7.83. The summed E-state index contributed by atoms with van der Waals surface area (Å²) >= 11 is 0. The van der Waals surface area contributed by atoms with Crippen LogP contribution < -0.4 is 0 Å². The van der Waals surface area contributed by atoms with E-state index in [1.165, 1.54) is 0 Å². The zero-order valence-corrected chi connectivity index (χ0v) is 16.6. The lowest BCUT2D eigenvalue weighted by Gasteiger charge is -2.65. The Hall–Kier alpha value is -0.820. The van der Waals surface area contributed by atoms with Crippen LogP contribution in [0.4, 0.5) is 0 Å². The van der Waals surface area contributed by atoms with E-state index in [1.54, 1.807) is 7.11 Å². The van der Waals surface area contributed by atoms with Gasteiger partial charge in [0, 0.05) is 30.3 Å². The lowest BCUT2D eigenvalue weighted by Crippen LogP contribution is -2.71. The van der Waals surface area contributed by atoms with Gasteiger partial charge in [0.2, 0.25) is 0 Å². The predicted octanol–water partition coefficient (Wildman–Crippen LogP) is 0.952. The molecule has 4 rings (SSSR count). The van der Waals surface area contributed by atoms with E-state index in [0.29, 0.717) is 25.7 Å². The van der Waals surface area contributed by atoms with Crippen LogP contribution in [0.1, 0.15) is 46.5 Å². The standard InChI is InChI=1S/C21H32O6/c1-19(2)13(23)5-6-20(3)15-12(22)7-10-8-21(15,17(25)11(10)9-27-4)18(26)14(24)16(19)20/h10-13,15-16,18,22-23,26H,5-9H2,1-4H3. The Labute approximate surface area is 160 Å². The molecule has 9 unspecified atom stereocenters. The quantitative estimate of drug-likeness (QED) is 0.659. The molecule has 2 bridgehead atoms. The maximum Gasteiger partial charge on any atom is 0.166 e. The second-order valence-corrected chi connectivity index (χ2v) is 10.3. The number of aliphatic hydroxyl groups is 3. The van der Waals surface area contributed by atoms with Crippen LogP contribution in [-0.2, 0) is 14.3 Å². The van der Waals surface area contributed by atoms with Gasteiger partial charge in [-0.15, -0.1) is 0 Å². The Kier molecular flexibility index (Phi) is 4.22. The number of fused-ring (bicyclic) bond motifs is 3. The number of aliphatic hydroxyl groups excluding tert-OH is 3. The summed E-state index contributed by atoms with van der Waals surface area (Å²) < 4.78 is 5.25. The van der Waals surface area contributed by atoms with E-state index in [0.717, 1.165) is 0 Å². The highest BCUT2D eigenvalue weighted by atomic mass is 16.5. The molecule has 6 heteroatoms. The highest BCUT2D eigenvalue weighted by molar-refractivity contribution is 6.00. The summed E-state index contributed by atoms with van der Waals surface area (Å²) in [4.78, 5) is 27.0. The maximum absolute atomic E-state index is 13.5. The molecule has 1 spiro atoms. The first-order valence-electron chi connectivity index (χ1n) is 10.1. The van der Waals surface area contributed by atoms with Crippen LogP contribution in [0.3, 0.4) is 0 Å². The van der Waals surface area contributed by atoms with Gasteiger partial charge in [0.15, 0.2) is 5.78 Å². The van der Waals surface area contributed by atoms with E-state index < -0.39 is 46.4 Å². The van der Waals surface area contributed by atoms with Crippen LogP contribution in [0, 0.1) is 39.9 Å². The number of rotatable bonds is 2. The molecule has 0 saturated heterocycles. The highest BCUT2D eigenvalue weighted by Crippen LogP contribution is 2.70.